The minimum Gasteiger partial charge on any atom is -0.361 e. The van der Waals surface area contributed by atoms with E-state index in [1.54, 1.807) is 13.0 Å². The minimum atomic E-state index is -0.119. The van der Waals surface area contributed by atoms with Gasteiger partial charge in [0.05, 0.1) is 0 Å². The molecule has 0 aromatic carbocycles. The first-order valence-electron chi connectivity index (χ1n) is 5.20. The van der Waals surface area contributed by atoms with Crippen molar-refractivity contribution in [3.63, 3.8) is 0 Å². The molecule has 2 N–H and O–H groups in total. The highest BCUT2D eigenvalue weighted by atomic mass is 35.5. The molecule has 0 spiro atoms. The lowest BCUT2D eigenvalue weighted by molar-refractivity contribution is 0.0937. The normalized spacial score (nSPS) is 30.4. The molecule has 1 aliphatic carbocycles. The Bertz CT molecular complexity index is 397. The number of fused-ring (bicyclic) bond motifs is 1. The van der Waals surface area contributed by atoms with Gasteiger partial charge in [0, 0.05) is 25.2 Å². The van der Waals surface area contributed by atoms with E-state index in [1.807, 2.05) is 0 Å². The molecule has 2 fully saturated rings. The van der Waals surface area contributed by atoms with Crippen molar-refractivity contribution in [2.75, 3.05) is 13.1 Å². The van der Waals surface area contributed by atoms with Crippen LogP contribution >= 0.6 is 12.4 Å². The van der Waals surface area contributed by atoms with Gasteiger partial charge in [-0.05, 0) is 18.8 Å². The van der Waals surface area contributed by atoms with Crippen molar-refractivity contribution >= 4 is 18.3 Å². The van der Waals surface area contributed by atoms with E-state index in [0.29, 0.717) is 29.3 Å². The Morgan fingerprint density at radius 1 is 1.56 bits per heavy atom. The summed E-state index contributed by atoms with van der Waals surface area (Å²) in [5, 5.41) is 9.96. The molecule has 16 heavy (non-hydrogen) atoms. The number of piperidine rings is 1. The van der Waals surface area contributed by atoms with Gasteiger partial charge in [-0.15, -0.1) is 12.4 Å². The third kappa shape index (κ3) is 1.81. The van der Waals surface area contributed by atoms with Crippen LogP contribution in [0.15, 0.2) is 10.6 Å². The summed E-state index contributed by atoms with van der Waals surface area (Å²) in [5.41, 5.74) is 0.380. The number of hydrogen-bond acceptors (Lipinski definition) is 4. The fraction of sp³-hybridized carbons (Fsp3) is 0.600. The maximum absolute atomic E-state index is 11.7. The van der Waals surface area contributed by atoms with Gasteiger partial charge in [-0.2, -0.15) is 0 Å². The number of amides is 1. The van der Waals surface area contributed by atoms with E-state index in [-0.39, 0.29) is 18.3 Å². The van der Waals surface area contributed by atoms with Crippen LogP contribution in [-0.4, -0.2) is 30.2 Å². The van der Waals surface area contributed by atoms with E-state index in [9.17, 15) is 4.79 Å². The third-order valence-electron chi connectivity index (χ3n) is 3.25. The first-order chi connectivity index (χ1) is 7.25. The van der Waals surface area contributed by atoms with Gasteiger partial charge in [0.1, 0.15) is 5.76 Å². The Morgan fingerprint density at radius 3 is 2.81 bits per heavy atom. The fourth-order valence-corrected chi connectivity index (χ4v) is 2.33. The van der Waals surface area contributed by atoms with Crippen LogP contribution in [0, 0.1) is 18.8 Å². The predicted octanol–water partition coefficient (Wildman–Crippen LogP) is 0.352. The molecular formula is C10H14ClN3O2. The van der Waals surface area contributed by atoms with Gasteiger partial charge in [-0.1, -0.05) is 5.16 Å². The van der Waals surface area contributed by atoms with Crippen molar-refractivity contribution in [2.45, 2.75) is 13.0 Å². The van der Waals surface area contributed by atoms with Gasteiger partial charge in [0.15, 0.2) is 5.69 Å². The molecule has 2 atom stereocenters. The molecule has 2 heterocycles. The van der Waals surface area contributed by atoms with Gasteiger partial charge in [-0.3, -0.25) is 4.79 Å². The van der Waals surface area contributed by atoms with Crippen LogP contribution < -0.4 is 10.6 Å². The number of nitrogens with one attached hydrogen (secondary N) is 2. The number of nitrogens with zero attached hydrogens (tertiary/aromatic N) is 1. The second-order valence-electron chi connectivity index (χ2n) is 4.31. The molecule has 1 aromatic heterocycles. The monoisotopic (exact) mass is 243 g/mol. The van der Waals surface area contributed by atoms with Crippen LogP contribution in [0.2, 0.25) is 0 Å². The molecule has 5 nitrogen and oxygen atoms in total. The molecule has 88 valence electrons. The predicted molar refractivity (Wildman–Crippen MR) is 59.6 cm³/mol. The Morgan fingerprint density at radius 2 is 2.25 bits per heavy atom. The van der Waals surface area contributed by atoms with Crippen LogP contribution in [0.25, 0.3) is 0 Å². The number of rotatable bonds is 2. The van der Waals surface area contributed by atoms with Crippen LogP contribution in [0.3, 0.4) is 0 Å². The SMILES string of the molecule is Cc1cc(C(=O)NC2C3CNCC32)no1.Cl. The van der Waals surface area contributed by atoms with Gasteiger partial charge in [0.2, 0.25) is 0 Å². The quantitative estimate of drug-likeness (QED) is 0.787. The number of halogens is 1. The fourth-order valence-electron chi connectivity index (χ4n) is 2.33. The Labute approximate surface area is 99.4 Å². The Balaban J connectivity index is 0.000000963. The van der Waals surface area contributed by atoms with Crippen molar-refractivity contribution in [2.24, 2.45) is 11.8 Å². The number of carbonyl (C=O) groups is 1. The maximum atomic E-state index is 11.7. The average Bonchev–Trinajstić information content (AvgIpc) is 2.66. The standard InChI is InChI=1S/C10H13N3O2.ClH/c1-5-2-8(13-15-5)10(14)12-9-6-3-11-4-7(6)9;/h2,6-7,9,11H,3-4H2,1H3,(H,12,14);1H. The smallest absolute Gasteiger partial charge is 0.273 e. The van der Waals surface area contributed by atoms with Crippen molar-refractivity contribution < 1.29 is 9.32 Å². The third-order valence-corrected chi connectivity index (χ3v) is 3.25. The van der Waals surface area contributed by atoms with Gasteiger partial charge < -0.3 is 15.2 Å². The Kier molecular flexibility index (Phi) is 2.90. The molecule has 0 bridgehead atoms. The van der Waals surface area contributed by atoms with Gasteiger partial charge in [-0.25, -0.2) is 0 Å². The second-order valence-corrected chi connectivity index (χ2v) is 4.31. The van der Waals surface area contributed by atoms with Crippen LogP contribution in [0.5, 0.6) is 0 Å². The molecular weight excluding hydrogens is 230 g/mol. The van der Waals surface area contributed by atoms with Crippen molar-refractivity contribution in [3.8, 4) is 0 Å². The zero-order chi connectivity index (χ0) is 10.4. The maximum Gasteiger partial charge on any atom is 0.273 e. The number of carbonyl (C=O) groups excluding carboxylic acids is 1. The van der Waals surface area contributed by atoms with E-state index in [2.05, 4.69) is 15.8 Å². The molecule has 1 saturated heterocycles. The van der Waals surface area contributed by atoms with E-state index in [0.717, 1.165) is 13.1 Å². The van der Waals surface area contributed by atoms with Crippen LogP contribution in [0.1, 0.15) is 16.2 Å². The highest BCUT2D eigenvalue weighted by Gasteiger charge is 2.53. The lowest BCUT2D eigenvalue weighted by Crippen LogP contribution is -2.32. The van der Waals surface area contributed by atoms with E-state index < -0.39 is 0 Å². The summed E-state index contributed by atoms with van der Waals surface area (Å²) in [5.74, 6) is 1.80. The van der Waals surface area contributed by atoms with Gasteiger partial charge >= 0.3 is 0 Å². The first-order valence-corrected chi connectivity index (χ1v) is 5.20. The molecule has 1 amide bonds. The van der Waals surface area contributed by atoms with E-state index >= 15 is 0 Å². The van der Waals surface area contributed by atoms with Crippen molar-refractivity contribution in [3.05, 3.63) is 17.5 Å². The summed E-state index contributed by atoms with van der Waals surface area (Å²) >= 11 is 0. The highest BCUT2D eigenvalue weighted by molar-refractivity contribution is 5.92. The van der Waals surface area contributed by atoms with Crippen LogP contribution in [0.4, 0.5) is 0 Å². The number of aromatic nitrogens is 1. The molecule has 1 aromatic rings. The van der Waals surface area contributed by atoms with E-state index in [4.69, 9.17) is 4.52 Å². The molecule has 1 aliphatic heterocycles. The topological polar surface area (TPSA) is 67.2 Å². The molecule has 2 unspecified atom stereocenters. The summed E-state index contributed by atoms with van der Waals surface area (Å²) in [6, 6.07) is 2.00. The zero-order valence-corrected chi connectivity index (χ0v) is 9.71. The number of hydrogen-bond donors (Lipinski definition) is 2. The largest absolute Gasteiger partial charge is 0.361 e. The minimum absolute atomic E-state index is 0. The lowest BCUT2D eigenvalue weighted by Gasteiger charge is -2.05. The summed E-state index contributed by atoms with van der Waals surface area (Å²) < 4.78 is 4.86. The molecule has 2 aliphatic rings. The molecule has 0 radical (unpaired) electrons. The molecule has 3 rings (SSSR count). The first kappa shape index (κ1) is 11.4. The average molecular weight is 244 g/mol. The highest BCUT2D eigenvalue weighted by Crippen LogP contribution is 2.41. The summed E-state index contributed by atoms with van der Waals surface area (Å²) in [6.45, 7) is 3.82. The summed E-state index contributed by atoms with van der Waals surface area (Å²) in [7, 11) is 0. The zero-order valence-electron chi connectivity index (χ0n) is 8.90. The van der Waals surface area contributed by atoms with Gasteiger partial charge in [0.25, 0.3) is 5.91 Å². The van der Waals surface area contributed by atoms with Crippen molar-refractivity contribution in [1.29, 1.82) is 0 Å². The molecule has 1 saturated carbocycles. The summed E-state index contributed by atoms with van der Waals surface area (Å²) in [6.07, 6.45) is 0. The van der Waals surface area contributed by atoms with Crippen molar-refractivity contribution in [1.82, 2.24) is 15.8 Å². The van der Waals surface area contributed by atoms with Crippen LogP contribution in [-0.2, 0) is 0 Å². The van der Waals surface area contributed by atoms with E-state index in [1.165, 1.54) is 0 Å². The lowest BCUT2D eigenvalue weighted by atomic mass is 10.3. The molecule has 6 heteroatoms. The second kappa shape index (κ2) is 4.07. The Hall–Kier alpha value is -1.07. The number of aryl methyl sites for hydroxylation is 1. The summed E-state index contributed by atoms with van der Waals surface area (Å²) in [4.78, 5) is 11.7.